The van der Waals surface area contributed by atoms with E-state index in [1.54, 1.807) is 25.4 Å². The molecule has 1 heterocycles. The summed E-state index contributed by atoms with van der Waals surface area (Å²) in [6, 6.07) is 3.36. The van der Waals surface area contributed by atoms with Gasteiger partial charge in [-0.05, 0) is 37.4 Å². The molecule has 18 heavy (non-hydrogen) atoms. The van der Waals surface area contributed by atoms with Gasteiger partial charge in [-0.2, -0.15) is 0 Å². The molecule has 98 valence electrons. The first kappa shape index (κ1) is 12.8. The van der Waals surface area contributed by atoms with Gasteiger partial charge in [0.25, 0.3) is 11.5 Å². The maximum Gasteiger partial charge on any atom is 0.263 e. The van der Waals surface area contributed by atoms with E-state index in [1.807, 2.05) is 0 Å². The maximum atomic E-state index is 12.1. The first-order valence-corrected chi connectivity index (χ1v) is 6.30. The third-order valence-corrected chi connectivity index (χ3v) is 3.65. The number of nitrogens with one attached hydrogen (secondary N) is 1. The van der Waals surface area contributed by atoms with Gasteiger partial charge in [0.1, 0.15) is 5.56 Å². The van der Waals surface area contributed by atoms with E-state index >= 15 is 0 Å². The summed E-state index contributed by atoms with van der Waals surface area (Å²) < 4.78 is 1.41. The monoisotopic (exact) mass is 249 g/mol. The number of pyridine rings is 1. The highest BCUT2D eigenvalue weighted by Gasteiger charge is 2.28. The van der Waals surface area contributed by atoms with Crippen molar-refractivity contribution in [1.82, 2.24) is 9.88 Å². The molecule has 2 rings (SSSR count). The maximum absolute atomic E-state index is 12.1. The SMILES string of the molecule is Cn1cccc(C(=O)NC2CCCC2CN)c1=O. The smallest absolute Gasteiger partial charge is 0.263 e. The average Bonchev–Trinajstić information content (AvgIpc) is 2.79. The van der Waals surface area contributed by atoms with Gasteiger partial charge in [0.05, 0.1) is 0 Å². The zero-order chi connectivity index (χ0) is 13.1. The standard InChI is InChI=1S/C13H19N3O2/c1-16-7-3-5-10(13(16)18)12(17)15-11-6-2-4-9(11)8-14/h3,5,7,9,11H,2,4,6,8,14H2,1H3,(H,15,17). The Morgan fingerprint density at radius 3 is 3.06 bits per heavy atom. The number of carbonyl (C=O) groups excluding carboxylic acids is 1. The predicted molar refractivity (Wildman–Crippen MR) is 69.3 cm³/mol. The normalized spacial score (nSPS) is 23.0. The number of rotatable bonds is 3. The Morgan fingerprint density at radius 1 is 1.56 bits per heavy atom. The van der Waals surface area contributed by atoms with Gasteiger partial charge in [0.2, 0.25) is 0 Å². The molecule has 1 aliphatic carbocycles. The van der Waals surface area contributed by atoms with Crippen molar-refractivity contribution in [3.05, 3.63) is 34.2 Å². The fourth-order valence-electron chi connectivity index (χ4n) is 2.53. The van der Waals surface area contributed by atoms with E-state index in [1.165, 1.54) is 4.57 Å². The van der Waals surface area contributed by atoms with Gasteiger partial charge in [-0.25, -0.2) is 0 Å². The number of amides is 1. The minimum atomic E-state index is -0.290. The van der Waals surface area contributed by atoms with E-state index in [9.17, 15) is 9.59 Å². The van der Waals surface area contributed by atoms with Crippen molar-refractivity contribution < 1.29 is 4.79 Å². The van der Waals surface area contributed by atoms with Crippen LogP contribution >= 0.6 is 0 Å². The van der Waals surface area contributed by atoms with Gasteiger partial charge in [-0.3, -0.25) is 9.59 Å². The quantitative estimate of drug-likeness (QED) is 0.805. The van der Waals surface area contributed by atoms with Crippen LogP contribution < -0.4 is 16.6 Å². The van der Waals surface area contributed by atoms with Crippen LogP contribution in [0.3, 0.4) is 0 Å². The highest BCUT2D eigenvalue weighted by Crippen LogP contribution is 2.24. The Bertz CT molecular complexity index is 495. The first-order valence-electron chi connectivity index (χ1n) is 6.30. The minimum Gasteiger partial charge on any atom is -0.349 e. The Hall–Kier alpha value is -1.62. The molecule has 0 spiro atoms. The number of carbonyl (C=O) groups is 1. The van der Waals surface area contributed by atoms with E-state index in [-0.39, 0.29) is 23.1 Å². The average molecular weight is 249 g/mol. The van der Waals surface area contributed by atoms with Crippen molar-refractivity contribution >= 4 is 5.91 Å². The highest BCUT2D eigenvalue weighted by molar-refractivity contribution is 5.94. The topological polar surface area (TPSA) is 77.1 Å². The van der Waals surface area contributed by atoms with E-state index in [4.69, 9.17) is 5.73 Å². The van der Waals surface area contributed by atoms with Crippen LogP contribution in [0, 0.1) is 5.92 Å². The minimum absolute atomic E-state index is 0.104. The third-order valence-electron chi connectivity index (χ3n) is 3.65. The second kappa shape index (κ2) is 5.35. The molecule has 5 nitrogen and oxygen atoms in total. The fraction of sp³-hybridized carbons (Fsp3) is 0.538. The molecule has 1 aromatic rings. The Morgan fingerprint density at radius 2 is 2.33 bits per heavy atom. The summed E-state index contributed by atoms with van der Waals surface area (Å²) in [5.74, 6) is 0.0445. The molecule has 0 saturated heterocycles. The number of hydrogen-bond acceptors (Lipinski definition) is 3. The summed E-state index contributed by atoms with van der Waals surface area (Å²) in [5.41, 5.74) is 5.61. The molecule has 1 aromatic heterocycles. The molecule has 0 aromatic carbocycles. The van der Waals surface area contributed by atoms with Crippen LogP contribution in [0.2, 0.25) is 0 Å². The second-order valence-corrected chi connectivity index (χ2v) is 4.84. The van der Waals surface area contributed by atoms with Crippen molar-refractivity contribution in [2.24, 2.45) is 18.7 Å². The lowest BCUT2D eigenvalue weighted by molar-refractivity contribution is 0.0926. The van der Waals surface area contributed by atoms with Crippen LogP contribution in [0.1, 0.15) is 29.6 Å². The van der Waals surface area contributed by atoms with Crippen molar-refractivity contribution in [2.75, 3.05) is 6.54 Å². The molecule has 0 bridgehead atoms. The van der Waals surface area contributed by atoms with Gasteiger partial charge in [0, 0.05) is 19.3 Å². The summed E-state index contributed by atoms with van der Waals surface area (Å²) in [7, 11) is 1.64. The van der Waals surface area contributed by atoms with Gasteiger partial charge >= 0.3 is 0 Å². The van der Waals surface area contributed by atoms with Crippen molar-refractivity contribution in [2.45, 2.75) is 25.3 Å². The number of aryl methyl sites for hydroxylation is 1. The molecule has 0 aliphatic heterocycles. The number of nitrogens with zero attached hydrogens (tertiary/aromatic N) is 1. The summed E-state index contributed by atoms with van der Waals surface area (Å²) in [6.45, 7) is 0.581. The van der Waals surface area contributed by atoms with Crippen molar-refractivity contribution in [3.63, 3.8) is 0 Å². The van der Waals surface area contributed by atoms with Gasteiger partial charge in [0.15, 0.2) is 0 Å². The van der Waals surface area contributed by atoms with Gasteiger partial charge in [-0.1, -0.05) is 6.42 Å². The Balaban J connectivity index is 2.13. The van der Waals surface area contributed by atoms with E-state index in [0.29, 0.717) is 12.5 Å². The van der Waals surface area contributed by atoms with Crippen LogP contribution in [-0.4, -0.2) is 23.1 Å². The molecular weight excluding hydrogens is 230 g/mol. The lowest BCUT2D eigenvalue weighted by atomic mass is 10.0. The first-order chi connectivity index (χ1) is 8.63. The van der Waals surface area contributed by atoms with E-state index < -0.39 is 0 Å². The molecule has 1 saturated carbocycles. The number of nitrogens with two attached hydrogens (primary N) is 1. The largest absolute Gasteiger partial charge is 0.349 e. The van der Waals surface area contributed by atoms with Crippen LogP contribution in [0.25, 0.3) is 0 Å². The molecule has 0 radical (unpaired) electrons. The third kappa shape index (κ3) is 2.46. The summed E-state index contributed by atoms with van der Waals surface area (Å²) >= 11 is 0. The predicted octanol–water partition coefficient (Wildman–Crippen LogP) is 0.243. The molecule has 3 N–H and O–H groups in total. The lowest BCUT2D eigenvalue weighted by Crippen LogP contribution is -2.42. The molecule has 1 fully saturated rings. The van der Waals surface area contributed by atoms with Crippen LogP contribution in [-0.2, 0) is 7.05 Å². The fourth-order valence-corrected chi connectivity index (χ4v) is 2.53. The molecule has 1 aliphatic rings. The van der Waals surface area contributed by atoms with Crippen molar-refractivity contribution in [3.8, 4) is 0 Å². The van der Waals surface area contributed by atoms with Crippen LogP contribution in [0.5, 0.6) is 0 Å². The summed E-state index contributed by atoms with van der Waals surface area (Å²) in [5, 5.41) is 2.93. The molecule has 5 heteroatoms. The molecule has 2 unspecified atom stereocenters. The van der Waals surface area contributed by atoms with E-state index in [2.05, 4.69) is 5.32 Å². The van der Waals surface area contributed by atoms with Crippen LogP contribution in [0.15, 0.2) is 23.1 Å². The molecular formula is C13H19N3O2. The Kier molecular flexibility index (Phi) is 3.81. The Labute approximate surface area is 106 Å². The molecule has 1 amide bonds. The van der Waals surface area contributed by atoms with Gasteiger partial charge < -0.3 is 15.6 Å². The zero-order valence-corrected chi connectivity index (χ0v) is 10.6. The highest BCUT2D eigenvalue weighted by atomic mass is 16.2. The molecule has 2 atom stereocenters. The van der Waals surface area contributed by atoms with E-state index in [0.717, 1.165) is 19.3 Å². The summed E-state index contributed by atoms with van der Waals surface area (Å²) in [4.78, 5) is 23.9. The van der Waals surface area contributed by atoms with Crippen molar-refractivity contribution in [1.29, 1.82) is 0 Å². The van der Waals surface area contributed by atoms with Gasteiger partial charge in [-0.15, -0.1) is 0 Å². The lowest BCUT2D eigenvalue weighted by Gasteiger charge is -2.19. The summed E-state index contributed by atoms with van der Waals surface area (Å²) in [6.07, 6.45) is 4.71. The number of hydrogen-bond donors (Lipinski definition) is 2. The second-order valence-electron chi connectivity index (χ2n) is 4.84. The number of aromatic nitrogens is 1. The van der Waals surface area contributed by atoms with Crippen LogP contribution in [0.4, 0.5) is 0 Å². The zero-order valence-electron chi connectivity index (χ0n) is 10.6.